The van der Waals surface area contributed by atoms with Crippen LogP contribution in [0.15, 0.2) is 0 Å². The van der Waals surface area contributed by atoms with E-state index in [1.807, 2.05) is 0 Å². The number of aliphatic carboxylic acids is 1. The zero-order valence-corrected chi connectivity index (χ0v) is 8.69. The maximum absolute atomic E-state index is 11.2. The van der Waals surface area contributed by atoms with Gasteiger partial charge in [-0.2, -0.15) is 0 Å². The molecule has 1 rings (SSSR count). The molecule has 0 bridgehead atoms. The molecular weight excluding hydrogens is 216 g/mol. The highest BCUT2D eigenvalue weighted by Gasteiger charge is 2.19. The Morgan fingerprint density at radius 1 is 1.50 bits per heavy atom. The first-order valence-corrected chi connectivity index (χ1v) is 4.93. The molecule has 2 amide bonds. The molecule has 0 radical (unpaired) electrons. The molecule has 1 unspecified atom stereocenters. The molecule has 3 N–H and O–H groups in total. The number of nitrogens with one attached hydrogen (secondary N) is 2. The van der Waals surface area contributed by atoms with Crippen molar-refractivity contribution in [2.24, 2.45) is 0 Å². The predicted molar refractivity (Wildman–Crippen MR) is 52.6 cm³/mol. The number of carboxylic acids is 1. The average molecular weight is 230 g/mol. The van der Waals surface area contributed by atoms with Crippen LogP contribution in [0, 0.1) is 0 Å². The van der Waals surface area contributed by atoms with E-state index < -0.39 is 12.6 Å². The summed E-state index contributed by atoms with van der Waals surface area (Å²) in [5, 5.41) is 13.5. The first-order valence-electron chi connectivity index (χ1n) is 4.93. The highest BCUT2D eigenvalue weighted by molar-refractivity contribution is 5.79. The molecule has 1 heterocycles. The van der Waals surface area contributed by atoms with E-state index in [1.165, 1.54) is 0 Å². The van der Waals surface area contributed by atoms with Crippen molar-refractivity contribution in [3.8, 4) is 0 Å². The lowest BCUT2D eigenvalue weighted by molar-refractivity contribution is -0.143. The lowest BCUT2D eigenvalue weighted by Gasteiger charge is -2.23. The van der Waals surface area contributed by atoms with Crippen LogP contribution in [-0.4, -0.2) is 48.7 Å². The van der Waals surface area contributed by atoms with Gasteiger partial charge in [-0.3, -0.25) is 9.59 Å². The van der Waals surface area contributed by atoms with Crippen LogP contribution in [-0.2, 0) is 19.1 Å². The monoisotopic (exact) mass is 230 g/mol. The Bertz CT molecular complexity index is 282. The van der Waals surface area contributed by atoms with Gasteiger partial charge in [-0.1, -0.05) is 0 Å². The fraction of sp³-hybridized carbons (Fsp3) is 0.667. The van der Waals surface area contributed by atoms with Crippen LogP contribution >= 0.6 is 0 Å². The normalized spacial score (nSPS) is 20.0. The van der Waals surface area contributed by atoms with Gasteiger partial charge in [0, 0.05) is 19.0 Å². The van der Waals surface area contributed by atoms with E-state index in [0.29, 0.717) is 19.4 Å². The lowest BCUT2D eigenvalue weighted by atomic mass is 10.1. The summed E-state index contributed by atoms with van der Waals surface area (Å²) in [6, 6.07) is -0.0985. The molecule has 0 aromatic heterocycles. The summed E-state index contributed by atoms with van der Waals surface area (Å²) in [6.07, 6.45) is 0.984. The predicted octanol–water partition coefficient (Wildman–Crippen LogP) is -1.52. The van der Waals surface area contributed by atoms with Crippen molar-refractivity contribution in [1.29, 1.82) is 0 Å². The number of hydrogen-bond acceptors (Lipinski definition) is 4. The Hall–Kier alpha value is -1.63. The van der Waals surface area contributed by atoms with E-state index in [1.54, 1.807) is 0 Å². The zero-order valence-electron chi connectivity index (χ0n) is 8.69. The van der Waals surface area contributed by atoms with Crippen LogP contribution in [0.4, 0.5) is 0 Å². The number of rotatable bonds is 5. The van der Waals surface area contributed by atoms with Crippen LogP contribution in [0.5, 0.6) is 0 Å². The first-order chi connectivity index (χ1) is 7.58. The third-order valence-corrected chi connectivity index (χ3v) is 2.09. The van der Waals surface area contributed by atoms with E-state index in [-0.39, 0.29) is 24.5 Å². The van der Waals surface area contributed by atoms with Crippen LogP contribution in [0.3, 0.4) is 0 Å². The van der Waals surface area contributed by atoms with Gasteiger partial charge in [0.1, 0.15) is 13.2 Å². The molecule has 0 saturated carbocycles. The second-order valence-corrected chi connectivity index (χ2v) is 3.49. The standard InChI is InChI=1S/C9H14N2O5/c12-7-2-1-6(3-10-7)11-8(13)4-16-5-9(14)15/h6H,1-5H2,(H,10,12)(H,11,13)(H,14,15). The topological polar surface area (TPSA) is 105 Å². The van der Waals surface area contributed by atoms with Gasteiger partial charge in [-0.05, 0) is 6.42 Å². The molecule has 0 spiro atoms. The molecule has 1 saturated heterocycles. The van der Waals surface area contributed by atoms with E-state index >= 15 is 0 Å². The summed E-state index contributed by atoms with van der Waals surface area (Å²) in [5.41, 5.74) is 0. The Morgan fingerprint density at radius 2 is 2.25 bits per heavy atom. The van der Waals surface area contributed by atoms with Crippen molar-refractivity contribution in [1.82, 2.24) is 10.6 Å². The number of ether oxygens (including phenoxy) is 1. The Labute approximate surface area is 92.1 Å². The minimum Gasteiger partial charge on any atom is -0.480 e. The number of amides is 2. The van der Waals surface area contributed by atoms with E-state index in [2.05, 4.69) is 15.4 Å². The number of carbonyl (C=O) groups is 3. The van der Waals surface area contributed by atoms with Gasteiger partial charge in [-0.25, -0.2) is 4.79 Å². The third-order valence-electron chi connectivity index (χ3n) is 2.09. The van der Waals surface area contributed by atoms with Crippen molar-refractivity contribution < 1.29 is 24.2 Å². The van der Waals surface area contributed by atoms with Crippen LogP contribution in [0.2, 0.25) is 0 Å². The number of hydrogen-bond donors (Lipinski definition) is 3. The van der Waals surface area contributed by atoms with Crippen molar-refractivity contribution in [2.75, 3.05) is 19.8 Å². The van der Waals surface area contributed by atoms with Crippen LogP contribution in [0.25, 0.3) is 0 Å². The molecule has 1 atom stereocenters. The second-order valence-electron chi connectivity index (χ2n) is 3.49. The smallest absolute Gasteiger partial charge is 0.329 e. The van der Waals surface area contributed by atoms with Gasteiger partial charge < -0.3 is 20.5 Å². The quantitative estimate of drug-likeness (QED) is 0.532. The van der Waals surface area contributed by atoms with Crippen molar-refractivity contribution in [2.45, 2.75) is 18.9 Å². The number of piperidine rings is 1. The van der Waals surface area contributed by atoms with Crippen LogP contribution in [0.1, 0.15) is 12.8 Å². The molecule has 16 heavy (non-hydrogen) atoms. The minimum absolute atomic E-state index is 0.0207. The molecule has 7 heteroatoms. The highest BCUT2D eigenvalue weighted by Crippen LogP contribution is 2.02. The lowest BCUT2D eigenvalue weighted by Crippen LogP contribution is -2.48. The van der Waals surface area contributed by atoms with E-state index in [9.17, 15) is 14.4 Å². The maximum atomic E-state index is 11.2. The Morgan fingerprint density at radius 3 is 2.81 bits per heavy atom. The SMILES string of the molecule is O=C(O)COCC(=O)NC1CCC(=O)NC1. The van der Waals surface area contributed by atoms with Gasteiger partial charge in [0.15, 0.2) is 0 Å². The largest absolute Gasteiger partial charge is 0.480 e. The molecule has 1 fully saturated rings. The Kier molecular flexibility index (Phi) is 4.71. The van der Waals surface area contributed by atoms with Gasteiger partial charge in [-0.15, -0.1) is 0 Å². The molecule has 1 aliphatic heterocycles. The summed E-state index contributed by atoms with van der Waals surface area (Å²) in [6.45, 7) is -0.366. The minimum atomic E-state index is -1.11. The van der Waals surface area contributed by atoms with E-state index in [0.717, 1.165) is 0 Å². The summed E-state index contributed by atoms with van der Waals surface area (Å²) in [7, 11) is 0. The molecule has 1 aliphatic rings. The zero-order chi connectivity index (χ0) is 12.0. The van der Waals surface area contributed by atoms with Crippen LogP contribution < -0.4 is 10.6 Å². The molecule has 0 aromatic rings. The number of carbonyl (C=O) groups excluding carboxylic acids is 2. The molecular formula is C9H14N2O5. The van der Waals surface area contributed by atoms with Crippen molar-refractivity contribution >= 4 is 17.8 Å². The van der Waals surface area contributed by atoms with Gasteiger partial charge in [0.05, 0.1) is 0 Å². The maximum Gasteiger partial charge on any atom is 0.329 e. The fourth-order valence-corrected chi connectivity index (χ4v) is 1.36. The van der Waals surface area contributed by atoms with Gasteiger partial charge in [0.2, 0.25) is 11.8 Å². The average Bonchev–Trinajstić information content (AvgIpc) is 2.21. The number of carboxylic acid groups (broad SMARTS) is 1. The molecule has 0 aliphatic carbocycles. The first kappa shape index (κ1) is 12.4. The highest BCUT2D eigenvalue weighted by atomic mass is 16.5. The summed E-state index contributed by atoms with van der Waals surface area (Å²) < 4.78 is 4.62. The summed E-state index contributed by atoms with van der Waals surface area (Å²) in [4.78, 5) is 32.2. The Balaban J connectivity index is 2.14. The molecule has 7 nitrogen and oxygen atoms in total. The second kappa shape index (κ2) is 6.06. The van der Waals surface area contributed by atoms with Gasteiger partial charge in [0.25, 0.3) is 0 Å². The summed E-state index contributed by atoms with van der Waals surface area (Å²) >= 11 is 0. The summed E-state index contributed by atoms with van der Waals surface area (Å²) in [5.74, 6) is -1.51. The fourth-order valence-electron chi connectivity index (χ4n) is 1.36. The van der Waals surface area contributed by atoms with E-state index in [4.69, 9.17) is 5.11 Å². The molecule has 90 valence electrons. The van der Waals surface area contributed by atoms with Crippen molar-refractivity contribution in [3.63, 3.8) is 0 Å². The van der Waals surface area contributed by atoms with Crippen molar-refractivity contribution in [3.05, 3.63) is 0 Å². The third kappa shape index (κ3) is 4.74. The molecule has 0 aromatic carbocycles. The van der Waals surface area contributed by atoms with Gasteiger partial charge >= 0.3 is 5.97 Å².